The summed E-state index contributed by atoms with van der Waals surface area (Å²) in [4.78, 5) is 20.4. The van der Waals surface area contributed by atoms with Gasteiger partial charge < -0.3 is 10.0 Å². The molecule has 1 fully saturated rings. The van der Waals surface area contributed by atoms with Crippen molar-refractivity contribution in [2.75, 3.05) is 17.8 Å². The average Bonchev–Trinajstić information content (AvgIpc) is 2.55. The number of nitrogens with one attached hydrogen (secondary N) is 1. The van der Waals surface area contributed by atoms with E-state index in [0.29, 0.717) is 11.0 Å². The second kappa shape index (κ2) is 6.40. The Bertz CT molecular complexity index is 881. The molecule has 0 aliphatic carbocycles. The number of carboxylic acid groups (broad SMARTS) is 1. The van der Waals surface area contributed by atoms with Crippen molar-refractivity contribution >= 4 is 44.6 Å². The van der Waals surface area contributed by atoms with Gasteiger partial charge in [-0.1, -0.05) is 23.7 Å². The Morgan fingerprint density at radius 1 is 1.21 bits per heavy atom. The predicted molar refractivity (Wildman–Crippen MR) is 89.7 cm³/mol. The van der Waals surface area contributed by atoms with Crippen molar-refractivity contribution in [1.82, 2.24) is 14.9 Å². The van der Waals surface area contributed by atoms with E-state index < -0.39 is 21.4 Å². The summed E-state index contributed by atoms with van der Waals surface area (Å²) in [5, 5.41) is 8.20. The van der Waals surface area contributed by atoms with E-state index in [1.54, 1.807) is 24.3 Å². The Kier molecular flexibility index (Phi) is 4.46. The van der Waals surface area contributed by atoms with Crippen molar-refractivity contribution in [2.45, 2.75) is 18.1 Å². The van der Waals surface area contributed by atoms with E-state index in [9.17, 15) is 13.2 Å². The highest BCUT2D eigenvalue weighted by Gasteiger charge is 2.32. The van der Waals surface area contributed by atoms with Crippen molar-refractivity contribution in [2.24, 2.45) is 0 Å². The number of anilines is 1. The summed E-state index contributed by atoms with van der Waals surface area (Å²) in [6, 6.07) is 6.99. The lowest BCUT2D eigenvalue weighted by Gasteiger charge is -2.29. The first kappa shape index (κ1) is 16.7. The van der Waals surface area contributed by atoms with Gasteiger partial charge in [-0.05, 0) is 25.0 Å². The van der Waals surface area contributed by atoms with Gasteiger partial charge in [0.25, 0.3) is 0 Å². The highest BCUT2D eigenvalue weighted by Crippen LogP contribution is 2.25. The number of fused-ring (bicyclic) bond motifs is 1. The molecule has 0 radical (unpaired) electrons. The van der Waals surface area contributed by atoms with Crippen molar-refractivity contribution in [3.8, 4) is 0 Å². The fourth-order valence-electron chi connectivity index (χ4n) is 2.62. The zero-order valence-corrected chi connectivity index (χ0v) is 14.1. The van der Waals surface area contributed by atoms with Crippen LogP contribution in [-0.4, -0.2) is 52.8 Å². The Hall–Kier alpha value is -2.13. The average molecular weight is 371 g/mol. The molecule has 8 nitrogen and oxygen atoms in total. The zero-order valence-electron chi connectivity index (χ0n) is 12.5. The summed E-state index contributed by atoms with van der Waals surface area (Å²) < 4.78 is 27.4. The Morgan fingerprint density at radius 2 is 1.79 bits per heavy atom. The van der Waals surface area contributed by atoms with Crippen LogP contribution in [0.1, 0.15) is 12.8 Å². The molecule has 2 N–H and O–H groups in total. The van der Waals surface area contributed by atoms with Crippen LogP contribution in [0, 0.1) is 0 Å². The van der Waals surface area contributed by atoms with Gasteiger partial charge in [0.05, 0.1) is 16.3 Å². The maximum atomic E-state index is 12.5. The summed E-state index contributed by atoms with van der Waals surface area (Å²) in [7, 11) is -3.73. The van der Waals surface area contributed by atoms with E-state index in [2.05, 4.69) is 14.7 Å². The molecule has 1 aromatic carbocycles. The van der Waals surface area contributed by atoms with Gasteiger partial charge in [0, 0.05) is 13.1 Å². The molecular weight excluding hydrogens is 356 g/mol. The second-order valence-electron chi connectivity index (χ2n) is 5.47. The fourth-order valence-corrected chi connectivity index (χ4v) is 4.27. The lowest BCUT2D eigenvalue weighted by atomic mass is 10.1. The number of sulfonamides is 1. The molecule has 0 spiro atoms. The highest BCUT2D eigenvalue weighted by atomic mass is 35.5. The van der Waals surface area contributed by atoms with Crippen LogP contribution in [0.25, 0.3) is 11.0 Å². The molecule has 0 bridgehead atoms. The topological polar surface area (TPSA) is 112 Å². The molecule has 10 heteroatoms. The Morgan fingerprint density at radius 3 is 2.38 bits per heavy atom. The number of likely N-dealkylation sites (tertiary alicyclic amines) is 1. The number of rotatable bonds is 3. The minimum atomic E-state index is -3.73. The minimum Gasteiger partial charge on any atom is -0.465 e. The van der Waals surface area contributed by atoms with Crippen LogP contribution in [-0.2, 0) is 10.0 Å². The summed E-state index contributed by atoms with van der Waals surface area (Å²) >= 11 is 6.03. The van der Waals surface area contributed by atoms with Crippen LogP contribution in [0.5, 0.6) is 0 Å². The SMILES string of the molecule is O=C(O)N1CCC(S(=O)(=O)Nc2nc3ccccc3nc2Cl)CC1. The van der Waals surface area contributed by atoms with Gasteiger partial charge in [-0.25, -0.2) is 23.2 Å². The summed E-state index contributed by atoms with van der Waals surface area (Å²) in [5.41, 5.74) is 1.10. The number of amides is 1. The lowest BCUT2D eigenvalue weighted by Crippen LogP contribution is -2.43. The molecule has 0 unspecified atom stereocenters. The van der Waals surface area contributed by atoms with Crippen molar-refractivity contribution in [1.29, 1.82) is 0 Å². The highest BCUT2D eigenvalue weighted by molar-refractivity contribution is 7.93. The summed E-state index contributed by atoms with van der Waals surface area (Å²) in [6.45, 7) is 0.357. The van der Waals surface area contributed by atoms with Crippen LogP contribution in [0.15, 0.2) is 24.3 Å². The van der Waals surface area contributed by atoms with Crippen LogP contribution in [0.2, 0.25) is 5.15 Å². The van der Waals surface area contributed by atoms with E-state index >= 15 is 0 Å². The maximum absolute atomic E-state index is 12.5. The fraction of sp³-hybridized carbons (Fsp3) is 0.357. The molecule has 1 aromatic heterocycles. The van der Waals surface area contributed by atoms with Gasteiger partial charge in [-0.2, -0.15) is 0 Å². The van der Waals surface area contributed by atoms with Crippen LogP contribution < -0.4 is 4.72 Å². The number of hydrogen-bond donors (Lipinski definition) is 2. The van der Waals surface area contributed by atoms with Gasteiger partial charge >= 0.3 is 6.09 Å². The number of halogens is 1. The number of aromatic nitrogens is 2. The molecular formula is C14H15ClN4O4S. The number of carbonyl (C=O) groups is 1. The molecule has 128 valence electrons. The maximum Gasteiger partial charge on any atom is 0.407 e. The number of piperidine rings is 1. The van der Waals surface area contributed by atoms with Crippen molar-refractivity contribution in [3.63, 3.8) is 0 Å². The Labute approximate surface area is 143 Å². The second-order valence-corrected chi connectivity index (χ2v) is 7.79. The predicted octanol–water partition coefficient (Wildman–Crippen LogP) is 2.17. The third-order valence-corrected chi connectivity index (χ3v) is 6.01. The number of nitrogens with zero attached hydrogens (tertiary/aromatic N) is 3. The molecule has 1 saturated heterocycles. The molecule has 1 amide bonds. The first-order valence-corrected chi connectivity index (χ1v) is 9.21. The van der Waals surface area contributed by atoms with Crippen molar-refractivity contribution in [3.05, 3.63) is 29.4 Å². The van der Waals surface area contributed by atoms with Crippen LogP contribution in [0.4, 0.5) is 10.6 Å². The summed E-state index contributed by atoms with van der Waals surface area (Å²) in [5.74, 6) is -0.0176. The number of benzene rings is 1. The normalized spacial score (nSPS) is 16.3. The van der Waals surface area contributed by atoms with E-state index in [1.807, 2.05) is 0 Å². The van der Waals surface area contributed by atoms with Gasteiger partial charge in [0.1, 0.15) is 0 Å². The molecule has 24 heavy (non-hydrogen) atoms. The van der Waals surface area contributed by atoms with Gasteiger partial charge in [0.15, 0.2) is 11.0 Å². The quantitative estimate of drug-likeness (QED) is 0.856. The van der Waals surface area contributed by atoms with E-state index in [1.165, 1.54) is 4.90 Å². The minimum absolute atomic E-state index is 0.0176. The first-order valence-electron chi connectivity index (χ1n) is 7.28. The third-order valence-electron chi connectivity index (χ3n) is 3.92. The van der Waals surface area contributed by atoms with Crippen LogP contribution >= 0.6 is 11.6 Å². The first-order chi connectivity index (χ1) is 11.4. The number of para-hydroxylation sites is 2. The molecule has 3 rings (SSSR count). The largest absolute Gasteiger partial charge is 0.465 e. The van der Waals surface area contributed by atoms with E-state index in [4.69, 9.17) is 16.7 Å². The van der Waals surface area contributed by atoms with E-state index in [-0.39, 0.29) is 36.9 Å². The van der Waals surface area contributed by atoms with Gasteiger partial charge in [0.2, 0.25) is 10.0 Å². The molecule has 1 aliphatic rings. The van der Waals surface area contributed by atoms with Gasteiger partial charge in [-0.15, -0.1) is 0 Å². The molecule has 2 aromatic rings. The monoisotopic (exact) mass is 370 g/mol. The molecule has 0 saturated carbocycles. The summed E-state index contributed by atoms with van der Waals surface area (Å²) in [6.07, 6.45) is -0.595. The zero-order chi connectivity index (χ0) is 17.3. The van der Waals surface area contributed by atoms with Gasteiger partial charge in [-0.3, -0.25) is 4.72 Å². The third kappa shape index (κ3) is 3.36. The number of hydrogen-bond acceptors (Lipinski definition) is 5. The van der Waals surface area contributed by atoms with Crippen molar-refractivity contribution < 1.29 is 18.3 Å². The molecule has 2 heterocycles. The van der Waals surface area contributed by atoms with E-state index in [0.717, 1.165) is 0 Å². The Balaban J connectivity index is 1.80. The smallest absolute Gasteiger partial charge is 0.407 e. The van der Waals surface area contributed by atoms with Crippen LogP contribution in [0.3, 0.4) is 0 Å². The lowest BCUT2D eigenvalue weighted by molar-refractivity contribution is 0.136. The standard InChI is InChI=1S/C14H15ClN4O4S/c15-12-13(17-11-4-2-1-3-10(11)16-12)18-24(22,23)9-5-7-19(8-6-9)14(20)21/h1-4,9H,5-8H2,(H,17,18)(H,20,21). The molecule has 0 atom stereocenters. The molecule has 1 aliphatic heterocycles.